The Morgan fingerprint density at radius 3 is 2.33 bits per heavy atom. The van der Waals surface area contributed by atoms with Crippen molar-refractivity contribution in [2.45, 2.75) is 0 Å². The molecule has 1 saturated heterocycles. The quantitative estimate of drug-likeness (QED) is 0.571. The molecule has 3 aromatic carbocycles. The maximum absolute atomic E-state index is 13.0. The van der Waals surface area contributed by atoms with E-state index in [4.69, 9.17) is 23.9 Å². The molecule has 186 valence electrons. The van der Waals surface area contributed by atoms with Gasteiger partial charge in [-0.3, -0.25) is 0 Å². The first-order chi connectivity index (χ1) is 17.6. The lowest BCUT2D eigenvalue weighted by Crippen LogP contribution is -2.51. The van der Waals surface area contributed by atoms with Crippen LogP contribution in [0.4, 0.5) is 16.2 Å². The lowest BCUT2D eigenvalue weighted by atomic mass is 10.1. The highest BCUT2D eigenvalue weighted by atomic mass is 16.5. The Bertz CT molecular complexity index is 1300. The standard InChI is InChI=1S/C27H28N4O5/c1-33-18-8-10-20-24(16-18)36-23-7-5-4-6-21(23)28-26(20)30-12-14-31(15-13-30)27(32)29-22-11-9-19(34-2)17-25(22)35-3/h4-11,16-17H,12-15H2,1-3H3,(H,29,32). The number of nitrogens with zero attached hydrogens (tertiary/aromatic N) is 3. The number of para-hydroxylation sites is 2. The molecule has 0 bridgehead atoms. The molecule has 1 N–H and O–H groups in total. The summed E-state index contributed by atoms with van der Waals surface area (Å²) in [5, 5.41) is 2.95. The molecule has 0 saturated carbocycles. The lowest BCUT2D eigenvalue weighted by molar-refractivity contribution is 0.181. The number of hydrogen-bond acceptors (Lipinski definition) is 7. The summed E-state index contributed by atoms with van der Waals surface area (Å²) in [5.74, 6) is 4.10. The Morgan fingerprint density at radius 2 is 1.58 bits per heavy atom. The number of aliphatic imine (C=N–C) groups is 1. The molecular formula is C27H28N4O5. The van der Waals surface area contributed by atoms with E-state index in [2.05, 4.69) is 10.2 Å². The predicted molar refractivity (Wildman–Crippen MR) is 137 cm³/mol. The lowest BCUT2D eigenvalue weighted by Gasteiger charge is -2.36. The van der Waals surface area contributed by atoms with E-state index in [0.29, 0.717) is 60.6 Å². The van der Waals surface area contributed by atoms with Crippen LogP contribution >= 0.6 is 0 Å². The van der Waals surface area contributed by atoms with Gasteiger partial charge in [-0.1, -0.05) is 12.1 Å². The fourth-order valence-electron chi connectivity index (χ4n) is 4.29. The molecule has 9 heteroatoms. The Morgan fingerprint density at radius 1 is 0.861 bits per heavy atom. The molecule has 5 rings (SSSR count). The van der Waals surface area contributed by atoms with Crippen molar-refractivity contribution in [2.24, 2.45) is 4.99 Å². The summed E-state index contributed by atoms with van der Waals surface area (Å²) in [7, 11) is 4.78. The molecule has 2 amide bonds. The van der Waals surface area contributed by atoms with Crippen LogP contribution < -0.4 is 24.3 Å². The fourth-order valence-corrected chi connectivity index (χ4v) is 4.29. The maximum atomic E-state index is 13.0. The molecule has 2 heterocycles. The summed E-state index contributed by atoms with van der Waals surface area (Å²) in [5.41, 5.74) is 2.23. The summed E-state index contributed by atoms with van der Waals surface area (Å²) < 4.78 is 22.3. The van der Waals surface area contributed by atoms with Crippen molar-refractivity contribution in [2.75, 3.05) is 52.8 Å². The first-order valence-corrected chi connectivity index (χ1v) is 11.7. The van der Waals surface area contributed by atoms with Gasteiger partial charge in [-0.05, 0) is 36.4 Å². The molecule has 0 spiro atoms. The predicted octanol–water partition coefficient (Wildman–Crippen LogP) is 4.75. The van der Waals surface area contributed by atoms with Gasteiger partial charge in [0.15, 0.2) is 5.75 Å². The van der Waals surface area contributed by atoms with Crippen LogP contribution in [-0.2, 0) is 0 Å². The fraction of sp³-hybridized carbons (Fsp3) is 0.259. The highest BCUT2D eigenvalue weighted by Crippen LogP contribution is 2.39. The first kappa shape index (κ1) is 23.3. The minimum Gasteiger partial charge on any atom is -0.497 e. The molecule has 0 atom stereocenters. The third-order valence-corrected chi connectivity index (χ3v) is 6.26. The van der Waals surface area contributed by atoms with E-state index in [-0.39, 0.29) is 6.03 Å². The zero-order chi connectivity index (χ0) is 25.1. The Balaban J connectivity index is 1.34. The molecule has 3 aromatic rings. The average Bonchev–Trinajstić information content (AvgIpc) is 3.09. The third kappa shape index (κ3) is 4.59. The van der Waals surface area contributed by atoms with Crippen LogP contribution in [0.25, 0.3) is 0 Å². The Labute approximate surface area is 209 Å². The van der Waals surface area contributed by atoms with E-state index >= 15 is 0 Å². The van der Waals surface area contributed by atoms with E-state index in [9.17, 15) is 4.79 Å². The molecule has 9 nitrogen and oxygen atoms in total. The molecule has 2 aliphatic rings. The largest absolute Gasteiger partial charge is 0.497 e. The van der Waals surface area contributed by atoms with Crippen molar-refractivity contribution in [1.82, 2.24) is 9.80 Å². The number of rotatable bonds is 4. The second-order valence-corrected chi connectivity index (χ2v) is 8.34. The van der Waals surface area contributed by atoms with Crippen molar-refractivity contribution in [1.29, 1.82) is 0 Å². The van der Waals surface area contributed by atoms with Crippen LogP contribution in [0.1, 0.15) is 5.56 Å². The van der Waals surface area contributed by atoms with Crippen LogP contribution in [0.3, 0.4) is 0 Å². The number of nitrogens with one attached hydrogen (secondary N) is 1. The number of fused-ring (bicyclic) bond motifs is 2. The average molecular weight is 489 g/mol. The molecule has 2 aliphatic heterocycles. The van der Waals surface area contributed by atoms with Crippen LogP contribution in [-0.4, -0.2) is 69.2 Å². The number of anilines is 1. The second-order valence-electron chi connectivity index (χ2n) is 8.34. The van der Waals surface area contributed by atoms with Gasteiger partial charge in [0.2, 0.25) is 0 Å². The number of urea groups is 1. The van der Waals surface area contributed by atoms with E-state index in [1.165, 1.54) is 0 Å². The van der Waals surface area contributed by atoms with E-state index in [1.54, 1.807) is 44.4 Å². The first-order valence-electron chi connectivity index (χ1n) is 11.7. The number of carbonyl (C=O) groups is 1. The van der Waals surface area contributed by atoms with E-state index in [0.717, 1.165) is 17.1 Å². The maximum Gasteiger partial charge on any atom is 0.322 e. The summed E-state index contributed by atoms with van der Waals surface area (Å²) in [6.45, 7) is 2.33. The van der Waals surface area contributed by atoms with Crippen molar-refractivity contribution >= 4 is 23.2 Å². The van der Waals surface area contributed by atoms with Gasteiger partial charge in [-0.2, -0.15) is 0 Å². The van der Waals surface area contributed by atoms with Crippen LogP contribution in [0.5, 0.6) is 28.7 Å². The van der Waals surface area contributed by atoms with Gasteiger partial charge in [0.05, 0.1) is 32.6 Å². The molecule has 36 heavy (non-hydrogen) atoms. The van der Waals surface area contributed by atoms with Crippen molar-refractivity contribution < 1.29 is 23.7 Å². The summed E-state index contributed by atoms with van der Waals surface area (Å²) >= 11 is 0. The zero-order valence-corrected chi connectivity index (χ0v) is 20.5. The molecule has 0 unspecified atom stereocenters. The highest BCUT2D eigenvalue weighted by molar-refractivity contribution is 6.04. The topological polar surface area (TPSA) is 84.9 Å². The monoisotopic (exact) mass is 488 g/mol. The number of hydrogen-bond donors (Lipinski definition) is 1. The van der Waals surface area contributed by atoms with Crippen molar-refractivity contribution in [3.63, 3.8) is 0 Å². The van der Waals surface area contributed by atoms with Gasteiger partial charge < -0.3 is 34.1 Å². The smallest absolute Gasteiger partial charge is 0.322 e. The number of piperazine rings is 1. The highest BCUT2D eigenvalue weighted by Gasteiger charge is 2.28. The third-order valence-electron chi connectivity index (χ3n) is 6.26. The Kier molecular flexibility index (Phi) is 6.53. The SMILES string of the molecule is COc1ccc(NC(=O)N2CCN(C3=Nc4ccccc4Oc4cc(OC)ccc43)CC2)c(OC)c1. The van der Waals surface area contributed by atoms with Crippen LogP contribution in [0.15, 0.2) is 65.7 Å². The normalized spacial score (nSPS) is 14.5. The van der Waals surface area contributed by atoms with Gasteiger partial charge in [0.25, 0.3) is 0 Å². The minimum atomic E-state index is -0.181. The number of methoxy groups -OCH3 is 3. The van der Waals surface area contributed by atoms with Crippen molar-refractivity contribution in [3.05, 3.63) is 66.2 Å². The number of benzene rings is 3. The summed E-state index contributed by atoms with van der Waals surface area (Å²) in [6, 6.07) is 18.6. The molecular weight excluding hydrogens is 460 g/mol. The number of amides is 2. The number of ether oxygens (including phenoxy) is 4. The Hall–Kier alpha value is -4.40. The molecule has 0 radical (unpaired) electrons. The molecule has 0 aliphatic carbocycles. The van der Waals surface area contributed by atoms with Crippen LogP contribution in [0.2, 0.25) is 0 Å². The zero-order valence-electron chi connectivity index (χ0n) is 20.5. The molecule has 0 aromatic heterocycles. The van der Waals surface area contributed by atoms with Gasteiger partial charge in [0, 0.05) is 38.3 Å². The van der Waals surface area contributed by atoms with Crippen molar-refractivity contribution in [3.8, 4) is 28.7 Å². The number of amidine groups is 1. The second kappa shape index (κ2) is 10.1. The van der Waals surface area contributed by atoms with Gasteiger partial charge in [-0.15, -0.1) is 0 Å². The van der Waals surface area contributed by atoms with E-state index in [1.807, 2.05) is 42.5 Å². The molecule has 1 fully saturated rings. The van der Waals surface area contributed by atoms with Gasteiger partial charge >= 0.3 is 6.03 Å². The number of carbonyl (C=O) groups excluding carboxylic acids is 1. The van der Waals surface area contributed by atoms with Crippen LogP contribution in [0, 0.1) is 0 Å². The van der Waals surface area contributed by atoms with Gasteiger partial charge in [-0.25, -0.2) is 9.79 Å². The summed E-state index contributed by atoms with van der Waals surface area (Å²) in [4.78, 5) is 21.9. The minimum absolute atomic E-state index is 0.181. The van der Waals surface area contributed by atoms with Gasteiger partial charge in [0.1, 0.15) is 34.5 Å². The van der Waals surface area contributed by atoms with E-state index < -0.39 is 0 Å². The summed E-state index contributed by atoms with van der Waals surface area (Å²) in [6.07, 6.45) is 0.